The number of halogens is 1. The van der Waals surface area contributed by atoms with E-state index < -0.39 is 0 Å². The summed E-state index contributed by atoms with van der Waals surface area (Å²) in [6.07, 6.45) is 2.77. The van der Waals surface area contributed by atoms with Gasteiger partial charge in [-0.15, -0.1) is 0 Å². The summed E-state index contributed by atoms with van der Waals surface area (Å²) in [7, 11) is 0. The quantitative estimate of drug-likeness (QED) is 0.251. The molecule has 1 amide bonds. The molecule has 4 rings (SSSR count). The monoisotopic (exact) mass is 528 g/mol. The number of rotatable bonds is 9. The summed E-state index contributed by atoms with van der Waals surface area (Å²) in [5, 5.41) is 0.660. The highest BCUT2D eigenvalue weighted by molar-refractivity contribution is 6.30. The molecule has 38 heavy (non-hydrogen) atoms. The molecule has 0 aliphatic carbocycles. The van der Waals surface area contributed by atoms with E-state index in [0.29, 0.717) is 36.6 Å². The zero-order chi connectivity index (χ0) is 27.3. The summed E-state index contributed by atoms with van der Waals surface area (Å²) in [4.78, 5) is 21.2. The number of carbonyl (C=O) groups excluding carboxylic acids is 1. The van der Waals surface area contributed by atoms with Crippen LogP contribution < -0.4 is 5.73 Å². The summed E-state index contributed by atoms with van der Waals surface area (Å²) in [5.41, 5.74) is 10.3. The second-order valence-electron chi connectivity index (χ2n) is 10.9. The Morgan fingerprint density at radius 2 is 1.74 bits per heavy atom. The Kier molecular flexibility index (Phi) is 8.70. The van der Waals surface area contributed by atoms with Crippen molar-refractivity contribution in [3.63, 3.8) is 0 Å². The minimum absolute atomic E-state index is 0.0167. The lowest BCUT2D eigenvalue weighted by Gasteiger charge is -2.40. The molecular weight excluding hydrogens is 492 g/mol. The molecule has 3 aromatic carbocycles. The zero-order valence-corrected chi connectivity index (χ0v) is 23.4. The molecule has 198 valence electrons. The number of imidazole rings is 1. The number of benzene rings is 3. The number of carbonyl (C=O) groups is 1. The first-order valence-electron chi connectivity index (χ1n) is 13.1. The Labute approximate surface area is 231 Å². The standard InChI is InChI=1S/C32H37ClN4O/c1-23-14-16-25(17-15-23)31(38)37(19-9-18-34)29(32(2,3)4)30-35-28(26-12-8-13-27(33)20-26)22-36(30)21-24-10-6-5-7-11-24/h5-8,10-17,20,22,29H,9,18-19,21,34H2,1-4H3. The predicted octanol–water partition coefficient (Wildman–Crippen LogP) is 7.14. The van der Waals surface area contributed by atoms with E-state index >= 15 is 0 Å². The number of aryl methyl sites for hydroxylation is 1. The smallest absolute Gasteiger partial charge is 0.254 e. The third-order valence-corrected chi connectivity index (χ3v) is 6.90. The molecule has 0 saturated carbocycles. The Bertz CT molecular complexity index is 1360. The van der Waals surface area contributed by atoms with Crippen LogP contribution in [-0.2, 0) is 6.54 Å². The van der Waals surface area contributed by atoms with Crippen LogP contribution in [0.15, 0.2) is 85.1 Å². The maximum absolute atomic E-state index is 14.0. The van der Waals surface area contributed by atoms with Gasteiger partial charge < -0.3 is 15.2 Å². The van der Waals surface area contributed by atoms with Crippen molar-refractivity contribution in [3.8, 4) is 11.3 Å². The van der Waals surface area contributed by atoms with Crippen molar-refractivity contribution < 1.29 is 4.79 Å². The highest BCUT2D eigenvalue weighted by atomic mass is 35.5. The topological polar surface area (TPSA) is 64.2 Å². The molecule has 1 unspecified atom stereocenters. The lowest BCUT2D eigenvalue weighted by atomic mass is 9.84. The van der Waals surface area contributed by atoms with Crippen LogP contribution in [0.5, 0.6) is 0 Å². The number of aromatic nitrogens is 2. The van der Waals surface area contributed by atoms with Gasteiger partial charge in [-0.05, 0) is 55.1 Å². The highest BCUT2D eigenvalue weighted by Gasteiger charge is 2.38. The van der Waals surface area contributed by atoms with Crippen molar-refractivity contribution in [2.45, 2.75) is 46.7 Å². The minimum Gasteiger partial charge on any atom is -0.330 e. The summed E-state index contributed by atoms with van der Waals surface area (Å²) >= 11 is 6.34. The SMILES string of the molecule is Cc1ccc(C(=O)N(CCCN)C(c2nc(-c3cccc(Cl)c3)cn2Cc2ccccc2)C(C)(C)C)cc1. The zero-order valence-electron chi connectivity index (χ0n) is 22.7. The molecule has 1 heterocycles. The van der Waals surface area contributed by atoms with E-state index in [9.17, 15) is 4.79 Å². The molecule has 0 radical (unpaired) electrons. The van der Waals surface area contributed by atoms with E-state index in [1.165, 1.54) is 0 Å². The molecule has 0 spiro atoms. The van der Waals surface area contributed by atoms with Gasteiger partial charge >= 0.3 is 0 Å². The van der Waals surface area contributed by atoms with E-state index in [1.807, 2.05) is 78.6 Å². The van der Waals surface area contributed by atoms with Crippen molar-refractivity contribution in [1.29, 1.82) is 0 Å². The Hall–Kier alpha value is -3.41. The van der Waals surface area contributed by atoms with Crippen LogP contribution in [0.4, 0.5) is 0 Å². The van der Waals surface area contributed by atoms with Gasteiger partial charge in [0.1, 0.15) is 5.82 Å². The highest BCUT2D eigenvalue weighted by Crippen LogP contribution is 2.40. The molecule has 1 aromatic heterocycles. The largest absolute Gasteiger partial charge is 0.330 e. The fourth-order valence-corrected chi connectivity index (χ4v) is 5.00. The predicted molar refractivity (Wildman–Crippen MR) is 156 cm³/mol. The molecular formula is C32H37ClN4O. The van der Waals surface area contributed by atoms with Crippen molar-refractivity contribution in [2.24, 2.45) is 11.1 Å². The van der Waals surface area contributed by atoms with Gasteiger partial charge in [0.25, 0.3) is 5.91 Å². The second-order valence-corrected chi connectivity index (χ2v) is 11.3. The fourth-order valence-electron chi connectivity index (χ4n) is 4.81. The third-order valence-electron chi connectivity index (χ3n) is 6.66. The van der Waals surface area contributed by atoms with Crippen LogP contribution in [-0.4, -0.2) is 33.4 Å². The van der Waals surface area contributed by atoms with E-state index in [1.54, 1.807) is 0 Å². The first-order valence-corrected chi connectivity index (χ1v) is 13.5. The first-order chi connectivity index (χ1) is 18.2. The molecule has 0 fully saturated rings. The van der Waals surface area contributed by atoms with Gasteiger partial charge in [-0.25, -0.2) is 4.98 Å². The van der Waals surface area contributed by atoms with Gasteiger partial charge in [0, 0.05) is 35.4 Å². The van der Waals surface area contributed by atoms with Crippen LogP contribution in [0.1, 0.15) is 60.5 Å². The normalized spacial score (nSPS) is 12.4. The van der Waals surface area contributed by atoms with Crippen LogP contribution >= 0.6 is 11.6 Å². The number of hydrogen-bond acceptors (Lipinski definition) is 3. The minimum atomic E-state index is -0.305. The lowest BCUT2D eigenvalue weighted by molar-refractivity contribution is 0.0482. The molecule has 2 N–H and O–H groups in total. The molecule has 0 aliphatic rings. The summed E-state index contributed by atoms with van der Waals surface area (Å²) in [6.45, 7) is 10.2. The average Bonchev–Trinajstić information content (AvgIpc) is 3.29. The van der Waals surface area contributed by atoms with Crippen molar-refractivity contribution in [2.75, 3.05) is 13.1 Å². The maximum Gasteiger partial charge on any atom is 0.254 e. The van der Waals surface area contributed by atoms with Crippen molar-refractivity contribution in [1.82, 2.24) is 14.5 Å². The average molecular weight is 529 g/mol. The second kappa shape index (κ2) is 12.0. The van der Waals surface area contributed by atoms with Gasteiger partial charge in [0.2, 0.25) is 0 Å². The van der Waals surface area contributed by atoms with Gasteiger partial charge in [-0.1, -0.05) is 92.5 Å². The molecule has 0 saturated heterocycles. The van der Waals surface area contributed by atoms with Gasteiger partial charge in [-0.2, -0.15) is 0 Å². The van der Waals surface area contributed by atoms with Gasteiger partial charge in [-0.3, -0.25) is 4.79 Å². The molecule has 4 aromatic rings. The first kappa shape index (κ1) is 27.6. The molecule has 1 atom stereocenters. The van der Waals surface area contributed by atoms with E-state index in [-0.39, 0.29) is 17.4 Å². The van der Waals surface area contributed by atoms with E-state index in [4.69, 9.17) is 22.3 Å². The van der Waals surface area contributed by atoms with Crippen LogP contribution in [0.25, 0.3) is 11.3 Å². The molecule has 6 heteroatoms. The van der Waals surface area contributed by atoms with Crippen LogP contribution in [0.2, 0.25) is 5.02 Å². The Balaban J connectivity index is 1.87. The van der Waals surface area contributed by atoms with Gasteiger partial charge in [0.05, 0.1) is 11.7 Å². The molecule has 0 bridgehead atoms. The summed E-state index contributed by atoms with van der Waals surface area (Å²) in [5.74, 6) is 0.825. The Morgan fingerprint density at radius 3 is 2.37 bits per heavy atom. The molecule has 0 aliphatic heterocycles. The van der Waals surface area contributed by atoms with Crippen LogP contribution in [0, 0.1) is 12.3 Å². The fraction of sp³-hybridized carbons (Fsp3) is 0.312. The van der Waals surface area contributed by atoms with E-state index in [2.05, 4.69) is 43.7 Å². The third kappa shape index (κ3) is 6.53. The summed E-state index contributed by atoms with van der Waals surface area (Å²) in [6, 6.07) is 25.5. The van der Waals surface area contributed by atoms with E-state index in [0.717, 1.165) is 28.2 Å². The number of nitrogens with zero attached hydrogens (tertiary/aromatic N) is 3. The number of hydrogen-bond donors (Lipinski definition) is 1. The molecule has 5 nitrogen and oxygen atoms in total. The van der Waals surface area contributed by atoms with Gasteiger partial charge in [0.15, 0.2) is 0 Å². The summed E-state index contributed by atoms with van der Waals surface area (Å²) < 4.78 is 2.18. The van der Waals surface area contributed by atoms with Crippen molar-refractivity contribution in [3.05, 3.63) is 113 Å². The Morgan fingerprint density at radius 1 is 1.03 bits per heavy atom. The number of amides is 1. The number of nitrogens with two attached hydrogens (primary N) is 1. The maximum atomic E-state index is 14.0. The lowest BCUT2D eigenvalue weighted by Crippen LogP contribution is -2.43. The van der Waals surface area contributed by atoms with Crippen molar-refractivity contribution >= 4 is 17.5 Å². The van der Waals surface area contributed by atoms with Crippen LogP contribution in [0.3, 0.4) is 0 Å².